The summed E-state index contributed by atoms with van der Waals surface area (Å²) in [4.78, 5) is 27.9. The second-order valence-corrected chi connectivity index (χ2v) is 10.9. The van der Waals surface area contributed by atoms with E-state index in [1.54, 1.807) is 57.3 Å². The maximum atomic E-state index is 13.8. The van der Waals surface area contributed by atoms with Crippen LogP contribution in [-0.2, 0) is 19.6 Å². The van der Waals surface area contributed by atoms with Crippen molar-refractivity contribution in [2.45, 2.75) is 44.4 Å². The van der Waals surface area contributed by atoms with Gasteiger partial charge in [-0.1, -0.05) is 6.07 Å². The molecule has 3 aromatic rings. The Balaban J connectivity index is 1.73. The van der Waals surface area contributed by atoms with E-state index in [4.69, 9.17) is 9.47 Å². The first-order chi connectivity index (χ1) is 16.4. The quantitative estimate of drug-likeness (QED) is 0.550. The Labute approximate surface area is 203 Å². The number of rotatable bonds is 5. The van der Waals surface area contributed by atoms with Crippen LogP contribution in [0.25, 0.3) is 5.65 Å². The lowest BCUT2D eigenvalue weighted by Gasteiger charge is -2.35. The van der Waals surface area contributed by atoms with Crippen LogP contribution in [0.1, 0.15) is 27.7 Å². The number of nitrogens with zero attached hydrogens (tertiary/aromatic N) is 3. The van der Waals surface area contributed by atoms with Gasteiger partial charge in [0.05, 0.1) is 25.0 Å². The van der Waals surface area contributed by atoms with E-state index >= 15 is 0 Å². The third-order valence-electron chi connectivity index (χ3n) is 5.05. The Morgan fingerprint density at radius 3 is 2.71 bits per heavy atom. The highest BCUT2D eigenvalue weighted by Crippen LogP contribution is 2.39. The van der Waals surface area contributed by atoms with Crippen LogP contribution in [0.4, 0.5) is 16.2 Å². The molecule has 1 aliphatic heterocycles. The van der Waals surface area contributed by atoms with E-state index in [1.807, 2.05) is 0 Å². The Hall–Kier alpha value is -3.80. The number of ether oxygens (including phenoxy) is 2. The van der Waals surface area contributed by atoms with E-state index in [9.17, 15) is 18.0 Å². The lowest BCUT2D eigenvalue weighted by molar-refractivity contribution is -0.119. The number of nitrogens with one attached hydrogen (secondary N) is 2. The predicted molar refractivity (Wildman–Crippen MR) is 129 cm³/mol. The van der Waals surface area contributed by atoms with Crippen LogP contribution >= 0.6 is 0 Å². The molecule has 0 saturated carbocycles. The SMILES string of the molecule is CC(=O)NCC1CN(S(=O)(=O)c2cnc3ccccn23)c2cc(NC(=O)OC(C)(C)C)ccc2O1. The number of fused-ring (bicyclic) bond motifs is 2. The summed E-state index contributed by atoms with van der Waals surface area (Å²) in [6.07, 6.45) is 1.61. The fraction of sp³-hybridized carbons (Fsp3) is 0.348. The fourth-order valence-corrected chi connectivity index (χ4v) is 5.19. The summed E-state index contributed by atoms with van der Waals surface area (Å²) in [6.45, 7) is 6.65. The first-order valence-corrected chi connectivity index (χ1v) is 12.4. The summed E-state index contributed by atoms with van der Waals surface area (Å²) >= 11 is 0. The number of carbonyl (C=O) groups is 2. The molecular weight excluding hydrogens is 474 g/mol. The number of anilines is 2. The molecule has 1 aliphatic rings. The average molecular weight is 502 g/mol. The molecule has 0 spiro atoms. The van der Waals surface area contributed by atoms with Gasteiger partial charge >= 0.3 is 6.09 Å². The number of amides is 2. The van der Waals surface area contributed by atoms with Crippen molar-refractivity contribution in [2.75, 3.05) is 22.7 Å². The van der Waals surface area contributed by atoms with Crippen molar-refractivity contribution in [3.63, 3.8) is 0 Å². The zero-order valence-electron chi connectivity index (χ0n) is 19.8. The topological polar surface area (TPSA) is 131 Å². The largest absolute Gasteiger partial charge is 0.484 e. The number of carbonyl (C=O) groups excluding carboxylic acids is 2. The summed E-state index contributed by atoms with van der Waals surface area (Å²) < 4.78 is 41.6. The molecular formula is C23H27N5O6S. The van der Waals surface area contributed by atoms with Crippen molar-refractivity contribution in [1.29, 1.82) is 0 Å². The van der Waals surface area contributed by atoms with E-state index in [0.717, 1.165) is 0 Å². The monoisotopic (exact) mass is 501 g/mol. The smallest absolute Gasteiger partial charge is 0.412 e. The van der Waals surface area contributed by atoms with Gasteiger partial charge in [-0.2, -0.15) is 8.42 Å². The molecule has 0 fully saturated rings. The van der Waals surface area contributed by atoms with Gasteiger partial charge in [0.1, 0.15) is 23.1 Å². The highest BCUT2D eigenvalue weighted by atomic mass is 32.2. The molecule has 4 rings (SSSR count). The van der Waals surface area contributed by atoms with Crippen LogP contribution in [0.5, 0.6) is 5.75 Å². The number of pyridine rings is 1. The molecule has 0 saturated heterocycles. The first kappa shape index (κ1) is 24.3. The maximum Gasteiger partial charge on any atom is 0.412 e. The van der Waals surface area contributed by atoms with Gasteiger partial charge in [0.15, 0.2) is 5.03 Å². The summed E-state index contributed by atoms with van der Waals surface area (Å²) in [5.74, 6) is 0.0335. The standard InChI is InChI=1S/C23H27N5O6S/c1-15(29)24-12-17-14-28(35(31,32)21-13-25-20-7-5-6-10-27(20)21)18-11-16(8-9-19(18)33-17)26-22(30)34-23(2,3)4/h5-11,13,17H,12,14H2,1-4H3,(H,24,29)(H,26,30). The highest BCUT2D eigenvalue weighted by Gasteiger charge is 2.36. The molecule has 1 unspecified atom stereocenters. The normalized spacial score (nSPS) is 15.8. The lowest BCUT2D eigenvalue weighted by atomic mass is 10.2. The average Bonchev–Trinajstić information content (AvgIpc) is 3.21. The molecule has 2 N–H and O–H groups in total. The molecule has 1 aromatic carbocycles. The molecule has 2 amide bonds. The van der Waals surface area contributed by atoms with E-state index in [1.165, 1.54) is 27.9 Å². The Kier molecular flexibility index (Phi) is 6.32. The number of sulfonamides is 1. The van der Waals surface area contributed by atoms with Crippen LogP contribution in [0.2, 0.25) is 0 Å². The van der Waals surface area contributed by atoms with Gasteiger partial charge in [-0.15, -0.1) is 0 Å². The summed E-state index contributed by atoms with van der Waals surface area (Å²) in [7, 11) is -4.11. The first-order valence-electron chi connectivity index (χ1n) is 10.9. The van der Waals surface area contributed by atoms with Gasteiger partial charge in [-0.05, 0) is 51.1 Å². The minimum absolute atomic E-state index is 0.0234. The molecule has 0 radical (unpaired) electrons. The molecule has 35 heavy (non-hydrogen) atoms. The molecule has 12 heteroatoms. The van der Waals surface area contributed by atoms with E-state index in [2.05, 4.69) is 15.6 Å². The second-order valence-electron chi connectivity index (χ2n) is 9.05. The maximum absolute atomic E-state index is 13.8. The van der Waals surface area contributed by atoms with Gasteiger partial charge in [0, 0.05) is 18.8 Å². The van der Waals surface area contributed by atoms with Crippen LogP contribution in [0, 0.1) is 0 Å². The van der Waals surface area contributed by atoms with Gasteiger partial charge in [0.2, 0.25) is 5.91 Å². The zero-order chi connectivity index (χ0) is 25.4. The number of imidazole rings is 1. The minimum atomic E-state index is -4.11. The third-order valence-corrected chi connectivity index (χ3v) is 6.81. The number of hydrogen-bond acceptors (Lipinski definition) is 7. The number of hydrogen-bond donors (Lipinski definition) is 2. The molecule has 186 valence electrons. The van der Waals surface area contributed by atoms with Gasteiger partial charge < -0.3 is 14.8 Å². The minimum Gasteiger partial charge on any atom is -0.484 e. The molecule has 0 aliphatic carbocycles. The highest BCUT2D eigenvalue weighted by molar-refractivity contribution is 7.92. The van der Waals surface area contributed by atoms with Crippen molar-refractivity contribution in [3.8, 4) is 5.75 Å². The van der Waals surface area contributed by atoms with Gasteiger partial charge in [0.25, 0.3) is 10.0 Å². The van der Waals surface area contributed by atoms with E-state index in [0.29, 0.717) is 17.1 Å². The molecule has 1 atom stereocenters. The van der Waals surface area contributed by atoms with Crippen molar-refractivity contribution >= 4 is 39.0 Å². The summed E-state index contributed by atoms with van der Waals surface area (Å²) in [6, 6.07) is 9.84. The van der Waals surface area contributed by atoms with E-state index < -0.39 is 27.8 Å². The Bertz CT molecular complexity index is 1380. The molecule has 11 nitrogen and oxygen atoms in total. The number of aromatic nitrogens is 2. The third kappa shape index (κ3) is 5.32. The predicted octanol–water partition coefficient (Wildman–Crippen LogP) is 2.77. The molecule has 2 aromatic heterocycles. The van der Waals surface area contributed by atoms with Gasteiger partial charge in [-0.3, -0.25) is 18.8 Å². The zero-order valence-corrected chi connectivity index (χ0v) is 20.6. The van der Waals surface area contributed by atoms with Crippen molar-refractivity contribution < 1.29 is 27.5 Å². The summed E-state index contributed by atoms with van der Waals surface area (Å²) in [5, 5.41) is 5.27. The van der Waals surface area contributed by atoms with Crippen LogP contribution in [0.3, 0.4) is 0 Å². The second kappa shape index (κ2) is 9.10. The van der Waals surface area contributed by atoms with Crippen LogP contribution in [-0.4, -0.2) is 54.6 Å². The molecule has 0 bridgehead atoms. The lowest BCUT2D eigenvalue weighted by Crippen LogP contribution is -2.48. The van der Waals surface area contributed by atoms with Gasteiger partial charge in [-0.25, -0.2) is 9.78 Å². The molecule has 3 heterocycles. The number of benzene rings is 1. The van der Waals surface area contributed by atoms with Crippen molar-refractivity contribution in [2.24, 2.45) is 0 Å². The van der Waals surface area contributed by atoms with E-state index in [-0.39, 0.29) is 29.7 Å². The van der Waals surface area contributed by atoms with Crippen molar-refractivity contribution in [1.82, 2.24) is 14.7 Å². The fourth-order valence-electron chi connectivity index (χ4n) is 3.62. The summed E-state index contributed by atoms with van der Waals surface area (Å²) in [5.41, 5.74) is 0.356. The Morgan fingerprint density at radius 1 is 1.23 bits per heavy atom. The Morgan fingerprint density at radius 2 is 2.00 bits per heavy atom. The van der Waals surface area contributed by atoms with Crippen LogP contribution < -0.4 is 19.7 Å². The van der Waals surface area contributed by atoms with Crippen molar-refractivity contribution in [3.05, 3.63) is 48.8 Å². The van der Waals surface area contributed by atoms with Crippen LogP contribution in [0.15, 0.2) is 53.8 Å².